The van der Waals surface area contributed by atoms with Crippen molar-refractivity contribution in [3.63, 3.8) is 0 Å². The van der Waals surface area contributed by atoms with E-state index in [1.165, 1.54) is 12.1 Å². The van der Waals surface area contributed by atoms with E-state index in [-0.39, 0.29) is 5.82 Å². The third kappa shape index (κ3) is 3.42. The molecule has 1 atom stereocenters. The molecule has 2 heterocycles. The Morgan fingerprint density at radius 1 is 1.24 bits per heavy atom. The van der Waals surface area contributed by atoms with Crippen LogP contribution in [0.25, 0.3) is 0 Å². The van der Waals surface area contributed by atoms with E-state index in [0.717, 1.165) is 37.7 Å². The lowest BCUT2D eigenvalue weighted by Crippen LogP contribution is -2.34. The Hall–Kier alpha value is -1.88. The largest absolute Gasteiger partial charge is 0.298 e. The van der Waals surface area contributed by atoms with Gasteiger partial charge >= 0.3 is 0 Å². The van der Waals surface area contributed by atoms with Crippen molar-refractivity contribution in [3.8, 4) is 0 Å². The van der Waals surface area contributed by atoms with Crippen LogP contribution >= 0.6 is 0 Å². The summed E-state index contributed by atoms with van der Waals surface area (Å²) in [7, 11) is 0. The van der Waals surface area contributed by atoms with Crippen LogP contribution in [0.4, 0.5) is 8.78 Å². The lowest BCUT2D eigenvalue weighted by atomic mass is 9.94. The molecule has 110 valence electrons. The molecule has 0 N–H and O–H groups in total. The molecule has 0 amide bonds. The van der Waals surface area contributed by atoms with Gasteiger partial charge in [0.05, 0.1) is 0 Å². The Kier molecular flexibility index (Phi) is 4.20. The van der Waals surface area contributed by atoms with Crippen molar-refractivity contribution in [1.29, 1.82) is 0 Å². The molecule has 2 aromatic rings. The molecule has 1 aliphatic heterocycles. The third-order valence-corrected chi connectivity index (χ3v) is 3.93. The SMILES string of the molecule is Fc1ccc(F)c(CN2CCCC(c3ccncn3)C2)c1. The highest BCUT2D eigenvalue weighted by Gasteiger charge is 2.23. The van der Waals surface area contributed by atoms with Crippen molar-refractivity contribution in [1.82, 2.24) is 14.9 Å². The quantitative estimate of drug-likeness (QED) is 0.869. The minimum absolute atomic E-state index is 0.332. The molecule has 0 bridgehead atoms. The molecular formula is C16H17F2N3. The maximum absolute atomic E-state index is 13.7. The molecule has 3 rings (SSSR count). The summed E-state index contributed by atoms with van der Waals surface area (Å²) in [6, 6.07) is 5.55. The van der Waals surface area contributed by atoms with Gasteiger partial charge in [0.2, 0.25) is 0 Å². The highest BCUT2D eigenvalue weighted by atomic mass is 19.1. The highest BCUT2D eigenvalue weighted by Crippen LogP contribution is 2.26. The summed E-state index contributed by atoms with van der Waals surface area (Å²) >= 11 is 0. The fourth-order valence-corrected chi connectivity index (χ4v) is 2.89. The van der Waals surface area contributed by atoms with Gasteiger partial charge in [-0.15, -0.1) is 0 Å². The van der Waals surface area contributed by atoms with Crippen LogP contribution in [-0.2, 0) is 6.54 Å². The number of hydrogen-bond donors (Lipinski definition) is 0. The first-order valence-corrected chi connectivity index (χ1v) is 7.14. The second-order valence-corrected chi connectivity index (χ2v) is 5.44. The van der Waals surface area contributed by atoms with E-state index in [1.54, 1.807) is 12.5 Å². The van der Waals surface area contributed by atoms with Gasteiger partial charge in [-0.3, -0.25) is 4.90 Å². The summed E-state index contributed by atoms with van der Waals surface area (Å²) in [5.41, 5.74) is 1.44. The average Bonchev–Trinajstić information content (AvgIpc) is 2.52. The average molecular weight is 289 g/mol. The minimum atomic E-state index is -0.393. The minimum Gasteiger partial charge on any atom is -0.298 e. The van der Waals surface area contributed by atoms with E-state index in [9.17, 15) is 8.78 Å². The number of halogens is 2. The number of hydrogen-bond acceptors (Lipinski definition) is 3. The van der Waals surface area contributed by atoms with E-state index < -0.39 is 5.82 Å². The molecule has 1 unspecified atom stereocenters. The highest BCUT2D eigenvalue weighted by molar-refractivity contribution is 5.19. The van der Waals surface area contributed by atoms with Crippen molar-refractivity contribution in [2.75, 3.05) is 13.1 Å². The summed E-state index contributed by atoms with van der Waals surface area (Å²) in [6.45, 7) is 2.15. The predicted molar refractivity (Wildman–Crippen MR) is 75.6 cm³/mol. The molecule has 5 heteroatoms. The first kappa shape index (κ1) is 14.1. The molecule has 0 radical (unpaired) electrons. The first-order valence-electron chi connectivity index (χ1n) is 7.14. The number of piperidine rings is 1. The summed E-state index contributed by atoms with van der Waals surface area (Å²) in [5.74, 6) is -0.408. The fraction of sp³-hybridized carbons (Fsp3) is 0.375. The van der Waals surface area contributed by atoms with Crippen LogP contribution in [0, 0.1) is 11.6 Å². The molecule has 1 aromatic carbocycles. The lowest BCUT2D eigenvalue weighted by Gasteiger charge is -2.32. The molecule has 3 nitrogen and oxygen atoms in total. The van der Waals surface area contributed by atoms with Crippen molar-refractivity contribution < 1.29 is 8.78 Å². The maximum Gasteiger partial charge on any atom is 0.127 e. The second kappa shape index (κ2) is 6.26. The summed E-state index contributed by atoms with van der Waals surface area (Å²) in [6.07, 6.45) is 5.40. The molecule has 0 saturated carbocycles. The van der Waals surface area contributed by atoms with Crippen LogP contribution in [0.1, 0.15) is 30.0 Å². The van der Waals surface area contributed by atoms with E-state index in [0.29, 0.717) is 18.0 Å². The Morgan fingerprint density at radius 3 is 2.95 bits per heavy atom. The normalized spacial score (nSPS) is 19.6. The molecule has 1 aromatic heterocycles. The Balaban J connectivity index is 1.70. The van der Waals surface area contributed by atoms with Gasteiger partial charge in [0.25, 0.3) is 0 Å². The van der Waals surface area contributed by atoms with Gasteiger partial charge < -0.3 is 0 Å². The van der Waals surface area contributed by atoms with E-state index >= 15 is 0 Å². The topological polar surface area (TPSA) is 29.0 Å². The second-order valence-electron chi connectivity index (χ2n) is 5.44. The number of aromatic nitrogens is 2. The smallest absolute Gasteiger partial charge is 0.127 e. The molecule has 0 aliphatic carbocycles. The molecular weight excluding hydrogens is 272 g/mol. The van der Waals surface area contributed by atoms with E-state index in [4.69, 9.17) is 0 Å². The number of benzene rings is 1. The molecule has 1 fully saturated rings. The summed E-state index contributed by atoms with van der Waals surface area (Å²) in [5, 5.41) is 0. The monoisotopic (exact) mass is 289 g/mol. The molecule has 0 spiro atoms. The Labute approximate surface area is 122 Å². The Bertz CT molecular complexity index is 604. The zero-order chi connectivity index (χ0) is 14.7. The zero-order valence-corrected chi connectivity index (χ0v) is 11.7. The van der Waals surface area contributed by atoms with Crippen molar-refractivity contribution in [2.24, 2.45) is 0 Å². The number of likely N-dealkylation sites (tertiary alicyclic amines) is 1. The third-order valence-electron chi connectivity index (χ3n) is 3.93. The zero-order valence-electron chi connectivity index (χ0n) is 11.7. The predicted octanol–water partition coefficient (Wildman–Crippen LogP) is 3.13. The van der Waals surface area contributed by atoms with Gasteiger partial charge in [-0.1, -0.05) is 0 Å². The van der Waals surface area contributed by atoms with Gasteiger partial charge in [-0.2, -0.15) is 0 Å². The summed E-state index contributed by atoms with van der Waals surface area (Å²) in [4.78, 5) is 10.4. The van der Waals surface area contributed by atoms with Crippen molar-refractivity contribution >= 4 is 0 Å². The van der Waals surface area contributed by atoms with Gasteiger partial charge in [-0.05, 0) is 43.7 Å². The Morgan fingerprint density at radius 2 is 2.14 bits per heavy atom. The van der Waals surface area contributed by atoms with Crippen LogP contribution in [0.2, 0.25) is 0 Å². The first-order chi connectivity index (χ1) is 10.2. The van der Waals surface area contributed by atoms with Crippen LogP contribution in [0.5, 0.6) is 0 Å². The van der Waals surface area contributed by atoms with Gasteiger partial charge in [0, 0.05) is 36.5 Å². The fourth-order valence-electron chi connectivity index (χ4n) is 2.89. The standard InChI is InChI=1S/C16H17F2N3/c17-14-3-4-15(18)13(8-14)10-21-7-1-2-12(9-21)16-5-6-19-11-20-16/h3-6,8,11-12H,1-2,7,9-10H2. The van der Waals surface area contributed by atoms with Crippen molar-refractivity contribution in [2.45, 2.75) is 25.3 Å². The van der Waals surface area contributed by atoms with Crippen LogP contribution in [0.15, 0.2) is 36.8 Å². The van der Waals surface area contributed by atoms with Gasteiger partial charge in [0.15, 0.2) is 0 Å². The lowest BCUT2D eigenvalue weighted by molar-refractivity contribution is 0.196. The van der Waals surface area contributed by atoms with Crippen LogP contribution < -0.4 is 0 Å². The van der Waals surface area contributed by atoms with E-state index in [2.05, 4.69) is 14.9 Å². The van der Waals surface area contributed by atoms with Crippen LogP contribution in [-0.4, -0.2) is 28.0 Å². The molecule has 1 saturated heterocycles. The number of rotatable bonds is 3. The summed E-state index contributed by atoms with van der Waals surface area (Å²) < 4.78 is 27.0. The molecule has 1 aliphatic rings. The maximum atomic E-state index is 13.7. The molecule has 21 heavy (non-hydrogen) atoms. The van der Waals surface area contributed by atoms with Gasteiger partial charge in [-0.25, -0.2) is 18.7 Å². The van der Waals surface area contributed by atoms with Crippen molar-refractivity contribution in [3.05, 3.63) is 59.7 Å². The van der Waals surface area contributed by atoms with Gasteiger partial charge in [0.1, 0.15) is 18.0 Å². The van der Waals surface area contributed by atoms with Crippen LogP contribution in [0.3, 0.4) is 0 Å². The van der Waals surface area contributed by atoms with E-state index in [1.807, 2.05) is 6.07 Å². The number of nitrogens with zero attached hydrogens (tertiary/aromatic N) is 3.